The standard InChI is InChI=1S/C16H17N5O3.ClH/c17-14(22)13-15(19-6-5-18-13)20-12-3-1-11(2-4-12)16(23)21-7-9-24-10-8-21;/h1-6H,7-10H2,(H2,17,22)(H,19,20);1H. The van der Waals surface area contributed by atoms with E-state index in [1.807, 2.05) is 0 Å². The van der Waals surface area contributed by atoms with Gasteiger partial charge in [-0.15, -0.1) is 12.4 Å². The highest BCUT2D eigenvalue weighted by molar-refractivity contribution is 5.96. The van der Waals surface area contributed by atoms with Crippen LogP contribution < -0.4 is 11.1 Å². The molecule has 0 aliphatic carbocycles. The van der Waals surface area contributed by atoms with Crippen LogP contribution in [0.2, 0.25) is 0 Å². The molecule has 0 unspecified atom stereocenters. The number of nitrogens with one attached hydrogen (secondary N) is 1. The van der Waals surface area contributed by atoms with E-state index < -0.39 is 5.91 Å². The Morgan fingerprint density at radius 2 is 1.72 bits per heavy atom. The zero-order valence-electron chi connectivity index (χ0n) is 13.3. The van der Waals surface area contributed by atoms with Gasteiger partial charge in [0.25, 0.3) is 11.8 Å². The van der Waals surface area contributed by atoms with E-state index in [0.717, 1.165) is 0 Å². The molecular weight excluding hydrogens is 346 g/mol. The molecule has 8 nitrogen and oxygen atoms in total. The highest BCUT2D eigenvalue weighted by Gasteiger charge is 2.18. The molecule has 1 aromatic heterocycles. The molecule has 0 radical (unpaired) electrons. The maximum absolute atomic E-state index is 12.4. The van der Waals surface area contributed by atoms with Crippen LogP contribution in [0.25, 0.3) is 0 Å². The van der Waals surface area contributed by atoms with Gasteiger partial charge in [-0.1, -0.05) is 0 Å². The van der Waals surface area contributed by atoms with Gasteiger partial charge in [0.05, 0.1) is 13.2 Å². The molecule has 1 aliphatic heterocycles. The molecule has 3 rings (SSSR count). The maximum Gasteiger partial charge on any atom is 0.271 e. The van der Waals surface area contributed by atoms with Crippen molar-refractivity contribution in [3.8, 4) is 0 Å². The molecule has 1 saturated heterocycles. The fourth-order valence-electron chi connectivity index (χ4n) is 2.39. The van der Waals surface area contributed by atoms with Gasteiger partial charge in [0, 0.05) is 36.7 Å². The highest BCUT2D eigenvalue weighted by atomic mass is 35.5. The maximum atomic E-state index is 12.4. The van der Waals surface area contributed by atoms with Crippen LogP contribution >= 0.6 is 12.4 Å². The van der Waals surface area contributed by atoms with Gasteiger partial charge in [-0.3, -0.25) is 9.59 Å². The Morgan fingerprint density at radius 1 is 1.08 bits per heavy atom. The molecule has 2 amide bonds. The highest BCUT2D eigenvalue weighted by Crippen LogP contribution is 2.18. The number of benzene rings is 1. The van der Waals surface area contributed by atoms with E-state index in [0.29, 0.717) is 37.6 Å². The molecule has 0 spiro atoms. The monoisotopic (exact) mass is 363 g/mol. The molecule has 1 fully saturated rings. The van der Waals surface area contributed by atoms with Crippen LogP contribution in [-0.2, 0) is 4.74 Å². The summed E-state index contributed by atoms with van der Waals surface area (Å²) in [6.07, 6.45) is 2.86. The average molecular weight is 364 g/mol. The first-order valence-electron chi connectivity index (χ1n) is 7.50. The second-order valence-corrected chi connectivity index (χ2v) is 5.22. The molecule has 1 aromatic carbocycles. The summed E-state index contributed by atoms with van der Waals surface area (Å²) in [7, 11) is 0. The lowest BCUT2D eigenvalue weighted by molar-refractivity contribution is 0.0303. The van der Waals surface area contributed by atoms with Crippen molar-refractivity contribution in [2.45, 2.75) is 0 Å². The summed E-state index contributed by atoms with van der Waals surface area (Å²) in [5, 5.41) is 2.98. The van der Waals surface area contributed by atoms with Gasteiger partial charge in [-0.25, -0.2) is 9.97 Å². The number of primary amides is 1. The van der Waals surface area contributed by atoms with Crippen LogP contribution in [0.3, 0.4) is 0 Å². The SMILES string of the molecule is Cl.NC(=O)c1nccnc1Nc1ccc(C(=O)N2CCOCC2)cc1. The zero-order valence-corrected chi connectivity index (χ0v) is 14.2. The third-order valence-corrected chi connectivity index (χ3v) is 3.62. The second-order valence-electron chi connectivity index (χ2n) is 5.22. The summed E-state index contributed by atoms with van der Waals surface area (Å²) >= 11 is 0. The number of nitrogens with two attached hydrogens (primary N) is 1. The Kier molecular flexibility index (Phi) is 6.26. The summed E-state index contributed by atoms with van der Waals surface area (Å²) in [5.74, 6) is -0.413. The van der Waals surface area contributed by atoms with Crippen LogP contribution in [-0.4, -0.2) is 53.0 Å². The third kappa shape index (κ3) is 4.43. The van der Waals surface area contributed by atoms with E-state index in [1.54, 1.807) is 29.2 Å². The van der Waals surface area contributed by atoms with E-state index in [4.69, 9.17) is 10.5 Å². The molecule has 0 atom stereocenters. The quantitative estimate of drug-likeness (QED) is 0.844. The van der Waals surface area contributed by atoms with Gasteiger partial charge in [-0.2, -0.15) is 0 Å². The first-order valence-corrected chi connectivity index (χ1v) is 7.50. The van der Waals surface area contributed by atoms with Crippen LogP contribution in [0, 0.1) is 0 Å². The Labute approximate surface area is 150 Å². The fourth-order valence-corrected chi connectivity index (χ4v) is 2.39. The van der Waals surface area contributed by atoms with Crippen molar-refractivity contribution in [3.05, 3.63) is 47.9 Å². The Balaban J connectivity index is 0.00000225. The van der Waals surface area contributed by atoms with E-state index in [-0.39, 0.29) is 29.8 Å². The minimum absolute atomic E-state index is 0. The molecule has 132 valence electrons. The van der Waals surface area contributed by atoms with Crippen LogP contribution in [0.4, 0.5) is 11.5 Å². The number of ether oxygens (including phenoxy) is 1. The molecule has 1 aliphatic rings. The number of carbonyl (C=O) groups is 2. The van der Waals surface area contributed by atoms with Crippen molar-refractivity contribution in [2.24, 2.45) is 5.73 Å². The van der Waals surface area contributed by atoms with E-state index in [1.165, 1.54) is 12.4 Å². The number of morpholine rings is 1. The third-order valence-electron chi connectivity index (χ3n) is 3.62. The molecule has 25 heavy (non-hydrogen) atoms. The summed E-state index contributed by atoms with van der Waals surface area (Å²) in [6.45, 7) is 2.32. The number of carbonyl (C=O) groups excluding carboxylic acids is 2. The van der Waals surface area contributed by atoms with Crippen LogP contribution in [0.15, 0.2) is 36.7 Å². The number of halogens is 1. The lowest BCUT2D eigenvalue weighted by atomic mass is 10.1. The minimum atomic E-state index is -0.662. The summed E-state index contributed by atoms with van der Waals surface area (Å²) < 4.78 is 5.25. The van der Waals surface area contributed by atoms with Crippen molar-refractivity contribution in [2.75, 3.05) is 31.6 Å². The Morgan fingerprint density at radius 3 is 2.36 bits per heavy atom. The summed E-state index contributed by atoms with van der Waals surface area (Å²) in [5.41, 5.74) is 6.61. The largest absolute Gasteiger partial charge is 0.378 e. The number of hydrogen-bond donors (Lipinski definition) is 2. The number of rotatable bonds is 4. The first-order chi connectivity index (χ1) is 11.6. The summed E-state index contributed by atoms with van der Waals surface area (Å²) in [6, 6.07) is 6.93. The lowest BCUT2D eigenvalue weighted by Crippen LogP contribution is -2.40. The predicted octanol–water partition coefficient (Wildman–Crippen LogP) is 1.21. The van der Waals surface area contributed by atoms with E-state index in [2.05, 4.69) is 15.3 Å². The number of anilines is 2. The normalized spacial score (nSPS) is 13.7. The van der Waals surface area contributed by atoms with Gasteiger partial charge in [0.1, 0.15) is 0 Å². The van der Waals surface area contributed by atoms with Gasteiger partial charge in [0.2, 0.25) is 0 Å². The van der Waals surface area contributed by atoms with Crippen molar-refractivity contribution in [1.82, 2.24) is 14.9 Å². The molecule has 0 bridgehead atoms. The van der Waals surface area contributed by atoms with Gasteiger partial charge >= 0.3 is 0 Å². The van der Waals surface area contributed by atoms with Crippen molar-refractivity contribution >= 4 is 35.7 Å². The van der Waals surface area contributed by atoms with Crippen molar-refractivity contribution < 1.29 is 14.3 Å². The minimum Gasteiger partial charge on any atom is -0.378 e. The molecule has 2 heterocycles. The van der Waals surface area contributed by atoms with Crippen LogP contribution in [0.5, 0.6) is 0 Å². The zero-order chi connectivity index (χ0) is 16.9. The number of hydrogen-bond acceptors (Lipinski definition) is 6. The average Bonchev–Trinajstić information content (AvgIpc) is 2.63. The van der Waals surface area contributed by atoms with Crippen LogP contribution in [0.1, 0.15) is 20.8 Å². The number of nitrogens with zero attached hydrogens (tertiary/aromatic N) is 3. The number of aromatic nitrogens is 2. The van der Waals surface area contributed by atoms with E-state index in [9.17, 15) is 9.59 Å². The summed E-state index contributed by atoms with van der Waals surface area (Å²) in [4.78, 5) is 33.5. The van der Waals surface area contributed by atoms with E-state index >= 15 is 0 Å². The fraction of sp³-hybridized carbons (Fsp3) is 0.250. The van der Waals surface area contributed by atoms with Crippen molar-refractivity contribution in [3.63, 3.8) is 0 Å². The molecule has 2 aromatic rings. The van der Waals surface area contributed by atoms with Gasteiger partial charge < -0.3 is 20.7 Å². The Hall–Kier alpha value is -2.71. The first kappa shape index (κ1) is 18.6. The number of amides is 2. The van der Waals surface area contributed by atoms with Gasteiger partial charge in [0.15, 0.2) is 11.5 Å². The molecular formula is C16H18ClN5O3. The van der Waals surface area contributed by atoms with Crippen molar-refractivity contribution in [1.29, 1.82) is 0 Å². The molecule has 9 heteroatoms. The van der Waals surface area contributed by atoms with Gasteiger partial charge in [-0.05, 0) is 24.3 Å². The molecule has 0 saturated carbocycles. The Bertz CT molecular complexity index is 748. The smallest absolute Gasteiger partial charge is 0.271 e. The lowest BCUT2D eigenvalue weighted by Gasteiger charge is -2.26. The topological polar surface area (TPSA) is 110 Å². The second kappa shape index (κ2) is 8.41. The predicted molar refractivity (Wildman–Crippen MR) is 94.2 cm³/mol. The molecule has 3 N–H and O–H groups in total.